The predicted octanol–water partition coefficient (Wildman–Crippen LogP) is 1.46. The number of nitrogens with zero attached hydrogens (tertiary/aromatic N) is 1. The molecule has 2 N–H and O–H groups in total. The van der Waals surface area contributed by atoms with Gasteiger partial charge < -0.3 is 5.73 Å². The molecule has 0 heterocycles. The molecule has 0 aliphatic heterocycles. The highest BCUT2D eigenvalue weighted by molar-refractivity contribution is 5.42. The van der Waals surface area contributed by atoms with E-state index in [0.717, 1.165) is 5.56 Å². The molecule has 0 spiro atoms. The highest BCUT2D eigenvalue weighted by Gasteiger charge is 2.04. The molecular weight excluding hydrogens is 155 g/mol. The second-order valence-electron chi connectivity index (χ2n) is 2.55. The summed E-state index contributed by atoms with van der Waals surface area (Å²) in [6.07, 6.45) is 0. The average molecular weight is 164 g/mol. The van der Waals surface area contributed by atoms with Gasteiger partial charge in [-0.25, -0.2) is 4.39 Å². The van der Waals surface area contributed by atoms with Gasteiger partial charge in [-0.15, -0.1) is 0 Å². The molecule has 0 unspecified atom stereocenters. The van der Waals surface area contributed by atoms with E-state index in [4.69, 9.17) is 11.0 Å². The fourth-order valence-electron chi connectivity index (χ4n) is 1.06. The standard InChI is InChI=1S/C9H9FN2/c1-6-7(4-11)2-9(10)3-8(6)5-12/h2-3H,4,11H2,1H3. The van der Waals surface area contributed by atoms with Gasteiger partial charge >= 0.3 is 0 Å². The van der Waals surface area contributed by atoms with E-state index < -0.39 is 5.82 Å². The zero-order valence-electron chi connectivity index (χ0n) is 6.76. The summed E-state index contributed by atoms with van der Waals surface area (Å²) in [6, 6.07) is 4.49. The fourth-order valence-corrected chi connectivity index (χ4v) is 1.06. The lowest BCUT2D eigenvalue weighted by molar-refractivity contribution is 0.624. The molecular formula is C9H9FN2. The molecule has 0 bridgehead atoms. The highest BCUT2D eigenvalue weighted by Crippen LogP contribution is 2.14. The Morgan fingerprint density at radius 2 is 2.25 bits per heavy atom. The van der Waals surface area contributed by atoms with E-state index in [-0.39, 0.29) is 6.54 Å². The molecule has 1 rings (SSSR count). The molecule has 0 aromatic heterocycles. The molecule has 0 fully saturated rings. The van der Waals surface area contributed by atoms with Crippen LogP contribution in [0.1, 0.15) is 16.7 Å². The van der Waals surface area contributed by atoms with Gasteiger partial charge in [-0.1, -0.05) is 0 Å². The first-order valence-corrected chi connectivity index (χ1v) is 3.58. The molecule has 0 saturated heterocycles. The Hall–Kier alpha value is -1.40. The van der Waals surface area contributed by atoms with Crippen molar-refractivity contribution in [3.63, 3.8) is 0 Å². The third-order valence-electron chi connectivity index (χ3n) is 1.82. The molecule has 2 nitrogen and oxygen atoms in total. The van der Waals surface area contributed by atoms with Gasteiger partial charge in [-0.3, -0.25) is 0 Å². The average Bonchev–Trinajstić information content (AvgIpc) is 2.08. The second kappa shape index (κ2) is 3.33. The minimum absolute atomic E-state index is 0.262. The number of hydrogen-bond acceptors (Lipinski definition) is 2. The van der Waals surface area contributed by atoms with E-state index in [1.807, 2.05) is 6.07 Å². The van der Waals surface area contributed by atoms with Gasteiger partial charge in [-0.2, -0.15) is 5.26 Å². The summed E-state index contributed by atoms with van der Waals surface area (Å²) < 4.78 is 12.8. The van der Waals surface area contributed by atoms with Crippen LogP contribution in [0.2, 0.25) is 0 Å². The first kappa shape index (κ1) is 8.69. The van der Waals surface area contributed by atoms with Crippen molar-refractivity contribution in [1.82, 2.24) is 0 Å². The van der Waals surface area contributed by atoms with E-state index in [2.05, 4.69) is 0 Å². The number of rotatable bonds is 1. The molecule has 0 amide bonds. The zero-order valence-corrected chi connectivity index (χ0v) is 6.76. The van der Waals surface area contributed by atoms with Gasteiger partial charge in [-0.05, 0) is 30.2 Å². The molecule has 1 aromatic rings. The molecule has 12 heavy (non-hydrogen) atoms. The smallest absolute Gasteiger partial charge is 0.124 e. The van der Waals surface area contributed by atoms with Gasteiger partial charge in [0.05, 0.1) is 11.6 Å². The Morgan fingerprint density at radius 1 is 1.58 bits per heavy atom. The van der Waals surface area contributed by atoms with Crippen molar-refractivity contribution in [2.75, 3.05) is 0 Å². The minimum atomic E-state index is -0.405. The Bertz CT molecular complexity index is 339. The van der Waals surface area contributed by atoms with Crippen LogP contribution >= 0.6 is 0 Å². The summed E-state index contributed by atoms with van der Waals surface area (Å²) in [4.78, 5) is 0. The number of nitriles is 1. The van der Waals surface area contributed by atoms with Crippen molar-refractivity contribution in [1.29, 1.82) is 5.26 Å². The molecule has 0 saturated carbocycles. The van der Waals surface area contributed by atoms with Crippen LogP contribution in [-0.2, 0) is 6.54 Å². The third kappa shape index (κ3) is 1.44. The summed E-state index contributed by atoms with van der Waals surface area (Å²) in [5.41, 5.74) is 7.18. The first-order chi connectivity index (χ1) is 5.69. The Balaban J connectivity index is 3.34. The van der Waals surface area contributed by atoms with Gasteiger partial charge in [0.2, 0.25) is 0 Å². The van der Waals surface area contributed by atoms with Gasteiger partial charge in [0, 0.05) is 6.54 Å². The quantitative estimate of drug-likeness (QED) is 0.683. The lowest BCUT2D eigenvalue weighted by Crippen LogP contribution is -2.01. The molecule has 0 aliphatic carbocycles. The number of benzene rings is 1. The normalized spacial score (nSPS) is 9.50. The maximum Gasteiger partial charge on any atom is 0.124 e. The van der Waals surface area contributed by atoms with Crippen LogP contribution in [0.15, 0.2) is 12.1 Å². The van der Waals surface area contributed by atoms with Crippen LogP contribution in [0.4, 0.5) is 4.39 Å². The topological polar surface area (TPSA) is 49.8 Å². The summed E-state index contributed by atoms with van der Waals surface area (Å²) >= 11 is 0. The molecule has 62 valence electrons. The monoisotopic (exact) mass is 164 g/mol. The largest absolute Gasteiger partial charge is 0.326 e. The Labute approximate surface area is 70.4 Å². The van der Waals surface area contributed by atoms with Crippen molar-refractivity contribution >= 4 is 0 Å². The van der Waals surface area contributed by atoms with E-state index in [0.29, 0.717) is 11.1 Å². The SMILES string of the molecule is Cc1c(C#N)cc(F)cc1CN. The lowest BCUT2D eigenvalue weighted by atomic mass is 10.0. The predicted molar refractivity (Wildman–Crippen MR) is 43.7 cm³/mol. The van der Waals surface area contributed by atoms with Gasteiger partial charge in [0.1, 0.15) is 5.82 Å². The van der Waals surface area contributed by atoms with Gasteiger partial charge in [0.15, 0.2) is 0 Å². The minimum Gasteiger partial charge on any atom is -0.326 e. The van der Waals surface area contributed by atoms with E-state index in [9.17, 15) is 4.39 Å². The summed E-state index contributed by atoms with van der Waals surface area (Å²) in [7, 11) is 0. The molecule has 1 aromatic carbocycles. The Kier molecular flexibility index (Phi) is 2.41. The highest BCUT2D eigenvalue weighted by atomic mass is 19.1. The maximum atomic E-state index is 12.8. The molecule has 0 aliphatic rings. The van der Waals surface area contributed by atoms with Crippen LogP contribution in [0, 0.1) is 24.1 Å². The van der Waals surface area contributed by atoms with E-state index >= 15 is 0 Å². The third-order valence-corrected chi connectivity index (χ3v) is 1.82. The van der Waals surface area contributed by atoms with E-state index in [1.54, 1.807) is 6.92 Å². The summed E-state index contributed by atoms with van der Waals surface area (Å²) in [5.74, 6) is -0.405. The molecule has 3 heteroatoms. The van der Waals surface area contributed by atoms with E-state index in [1.165, 1.54) is 12.1 Å². The van der Waals surface area contributed by atoms with Crippen molar-refractivity contribution in [2.45, 2.75) is 13.5 Å². The molecule has 0 atom stereocenters. The van der Waals surface area contributed by atoms with Gasteiger partial charge in [0.25, 0.3) is 0 Å². The van der Waals surface area contributed by atoms with Crippen molar-refractivity contribution in [2.24, 2.45) is 5.73 Å². The number of nitrogens with two attached hydrogens (primary N) is 1. The van der Waals surface area contributed by atoms with Crippen molar-refractivity contribution in [3.05, 3.63) is 34.6 Å². The maximum absolute atomic E-state index is 12.8. The van der Waals surface area contributed by atoms with Crippen LogP contribution in [0.3, 0.4) is 0 Å². The zero-order chi connectivity index (χ0) is 9.14. The first-order valence-electron chi connectivity index (χ1n) is 3.58. The Morgan fingerprint density at radius 3 is 2.75 bits per heavy atom. The van der Waals surface area contributed by atoms with Crippen LogP contribution in [0.25, 0.3) is 0 Å². The summed E-state index contributed by atoms with van der Waals surface area (Å²) in [6.45, 7) is 2.03. The van der Waals surface area contributed by atoms with Crippen LogP contribution in [-0.4, -0.2) is 0 Å². The fraction of sp³-hybridized carbons (Fsp3) is 0.222. The second-order valence-corrected chi connectivity index (χ2v) is 2.55. The van der Waals surface area contributed by atoms with Crippen LogP contribution < -0.4 is 5.73 Å². The van der Waals surface area contributed by atoms with Crippen molar-refractivity contribution in [3.8, 4) is 6.07 Å². The summed E-state index contributed by atoms with van der Waals surface area (Å²) in [5, 5.41) is 8.61. The number of halogens is 1. The number of hydrogen-bond donors (Lipinski definition) is 1. The molecule has 0 radical (unpaired) electrons. The van der Waals surface area contributed by atoms with Crippen molar-refractivity contribution < 1.29 is 4.39 Å². The van der Waals surface area contributed by atoms with Crippen LogP contribution in [0.5, 0.6) is 0 Å². The lowest BCUT2D eigenvalue weighted by Gasteiger charge is -2.04.